The second-order valence-electron chi connectivity index (χ2n) is 2.56. The van der Waals surface area contributed by atoms with E-state index in [1.165, 1.54) is 13.8 Å². The number of aliphatic carboxylic acids is 1. The maximum atomic E-state index is 9.93. The highest BCUT2D eigenvalue weighted by atomic mass is 16.4. The molecule has 0 spiro atoms. The van der Waals surface area contributed by atoms with Crippen molar-refractivity contribution in [2.75, 3.05) is 0 Å². The highest BCUT2D eigenvalue weighted by Gasteiger charge is 2.05. The number of carbonyl (C=O) groups excluding carboxylic acids is 1. The average molecular weight is 160 g/mol. The first-order valence-corrected chi connectivity index (χ1v) is 3.61. The fraction of sp³-hybridized carbons (Fsp3) is 0.750. The van der Waals surface area contributed by atoms with Gasteiger partial charge in [0.05, 0.1) is 5.92 Å². The SMILES string of the molecule is CC(C)=O.CCC(C)C(=O)O. The smallest absolute Gasteiger partial charge is 0.306 e. The highest BCUT2D eigenvalue weighted by Crippen LogP contribution is 1.97. The van der Waals surface area contributed by atoms with Gasteiger partial charge in [-0.3, -0.25) is 4.79 Å². The van der Waals surface area contributed by atoms with Crippen molar-refractivity contribution in [3.8, 4) is 0 Å². The van der Waals surface area contributed by atoms with Crippen LogP contribution >= 0.6 is 0 Å². The van der Waals surface area contributed by atoms with E-state index in [2.05, 4.69) is 0 Å². The highest BCUT2D eigenvalue weighted by molar-refractivity contribution is 5.72. The van der Waals surface area contributed by atoms with Crippen LogP contribution in [0, 0.1) is 5.92 Å². The van der Waals surface area contributed by atoms with Gasteiger partial charge in [0, 0.05) is 0 Å². The van der Waals surface area contributed by atoms with Gasteiger partial charge in [0.15, 0.2) is 0 Å². The molecule has 0 aromatic heterocycles. The van der Waals surface area contributed by atoms with Crippen LogP contribution in [0.1, 0.15) is 34.1 Å². The van der Waals surface area contributed by atoms with Crippen molar-refractivity contribution in [1.82, 2.24) is 0 Å². The van der Waals surface area contributed by atoms with Crippen molar-refractivity contribution in [3.05, 3.63) is 0 Å². The summed E-state index contributed by atoms with van der Waals surface area (Å²) in [6.45, 7) is 6.61. The van der Waals surface area contributed by atoms with Gasteiger partial charge in [-0.1, -0.05) is 13.8 Å². The molecule has 0 fully saturated rings. The number of Topliss-reactive ketones (excluding diaryl/α,β-unsaturated/α-hetero) is 1. The normalized spacial score (nSPS) is 10.9. The quantitative estimate of drug-likeness (QED) is 0.669. The molecule has 0 rings (SSSR count). The summed E-state index contributed by atoms with van der Waals surface area (Å²) in [7, 11) is 0. The third-order valence-electron chi connectivity index (χ3n) is 1.03. The van der Waals surface area contributed by atoms with Crippen LogP contribution in [0.5, 0.6) is 0 Å². The van der Waals surface area contributed by atoms with Crippen LogP contribution in [0.4, 0.5) is 0 Å². The van der Waals surface area contributed by atoms with Gasteiger partial charge < -0.3 is 9.90 Å². The van der Waals surface area contributed by atoms with Gasteiger partial charge in [0.2, 0.25) is 0 Å². The molecule has 3 heteroatoms. The Morgan fingerprint density at radius 3 is 1.64 bits per heavy atom. The molecular formula is C8H16O3. The Bertz CT molecular complexity index is 125. The van der Waals surface area contributed by atoms with E-state index in [1.54, 1.807) is 6.92 Å². The Kier molecular flexibility index (Phi) is 8.43. The molecule has 1 atom stereocenters. The molecule has 1 N–H and O–H groups in total. The van der Waals surface area contributed by atoms with Crippen LogP contribution in [0.15, 0.2) is 0 Å². The lowest BCUT2D eigenvalue weighted by Crippen LogP contribution is -2.06. The van der Waals surface area contributed by atoms with Crippen LogP contribution in [0.25, 0.3) is 0 Å². The summed E-state index contributed by atoms with van der Waals surface area (Å²) < 4.78 is 0. The molecule has 66 valence electrons. The zero-order valence-electron chi connectivity index (χ0n) is 7.55. The van der Waals surface area contributed by atoms with Crippen molar-refractivity contribution in [2.24, 2.45) is 5.92 Å². The predicted molar refractivity (Wildman–Crippen MR) is 43.4 cm³/mol. The summed E-state index contributed by atoms with van der Waals surface area (Å²) in [6, 6.07) is 0. The van der Waals surface area contributed by atoms with E-state index in [0.717, 1.165) is 6.42 Å². The number of ketones is 1. The molecule has 0 amide bonds. The minimum absolute atomic E-state index is 0.167. The van der Waals surface area contributed by atoms with Crippen LogP contribution in [0.2, 0.25) is 0 Å². The van der Waals surface area contributed by atoms with Gasteiger partial charge in [-0.2, -0.15) is 0 Å². The predicted octanol–water partition coefficient (Wildman–Crippen LogP) is 1.71. The first-order valence-electron chi connectivity index (χ1n) is 3.61. The molecule has 0 aromatic rings. The Hall–Kier alpha value is -0.860. The molecule has 0 aliphatic rings. The van der Waals surface area contributed by atoms with Crippen LogP contribution in [0.3, 0.4) is 0 Å². The van der Waals surface area contributed by atoms with Crippen molar-refractivity contribution in [1.29, 1.82) is 0 Å². The summed E-state index contributed by atoms with van der Waals surface area (Å²) in [5, 5.41) is 8.18. The molecule has 0 bridgehead atoms. The average Bonchev–Trinajstić information content (AvgIpc) is 1.85. The van der Waals surface area contributed by atoms with E-state index in [1.807, 2.05) is 6.92 Å². The van der Waals surface area contributed by atoms with E-state index in [4.69, 9.17) is 5.11 Å². The molecule has 0 saturated carbocycles. The summed E-state index contributed by atoms with van der Waals surface area (Å²) in [6.07, 6.45) is 0.718. The number of rotatable bonds is 2. The standard InChI is InChI=1S/C5H10O2.C3H6O/c1-3-4(2)5(6)7;1-3(2)4/h4H,3H2,1-2H3,(H,6,7);1-2H3. The summed E-state index contributed by atoms with van der Waals surface area (Å²) in [5.74, 6) is -0.720. The molecule has 1 unspecified atom stereocenters. The minimum Gasteiger partial charge on any atom is -0.481 e. The van der Waals surface area contributed by atoms with Crippen LogP contribution < -0.4 is 0 Å². The number of hydrogen-bond acceptors (Lipinski definition) is 2. The van der Waals surface area contributed by atoms with E-state index in [9.17, 15) is 9.59 Å². The van der Waals surface area contributed by atoms with E-state index in [-0.39, 0.29) is 11.7 Å². The lowest BCUT2D eigenvalue weighted by Gasteiger charge is -1.96. The van der Waals surface area contributed by atoms with Gasteiger partial charge in [0.25, 0.3) is 0 Å². The molecule has 0 aliphatic carbocycles. The third kappa shape index (κ3) is 17.6. The Morgan fingerprint density at radius 2 is 1.64 bits per heavy atom. The van der Waals surface area contributed by atoms with Gasteiger partial charge in [-0.05, 0) is 20.3 Å². The van der Waals surface area contributed by atoms with Crippen LogP contribution in [-0.2, 0) is 9.59 Å². The second kappa shape index (κ2) is 7.25. The largest absolute Gasteiger partial charge is 0.481 e. The molecule has 0 heterocycles. The van der Waals surface area contributed by atoms with Gasteiger partial charge >= 0.3 is 5.97 Å². The van der Waals surface area contributed by atoms with E-state index in [0.29, 0.717) is 0 Å². The molecule has 0 radical (unpaired) electrons. The topological polar surface area (TPSA) is 54.4 Å². The lowest BCUT2D eigenvalue weighted by molar-refractivity contribution is -0.141. The molecule has 3 nitrogen and oxygen atoms in total. The fourth-order valence-electron chi connectivity index (χ4n) is 0.175. The number of hydrogen-bond donors (Lipinski definition) is 1. The maximum absolute atomic E-state index is 9.93. The van der Waals surface area contributed by atoms with Crippen molar-refractivity contribution >= 4 is 11.8 Å². The molecular weight excluding hydrogens is 144 g/mol. The summed E-state index contributed by atoms with van der Waals surface area (Å²) in [4.78, 5) is 19.4. The van der Waals surface area contributed by atoms with Crippen molar-refractivity contribution in [3.63, 3.8) is 0 Å². The number of carboxylic acid groups (broad SMARTS) is 1. The number of carboxylic acids is 1. The lowest BCUT2D eigenvalue weighted by atomic mass is 10.1. The van der Waals surface area contributed by atoms with Gasteiger partial charge in [-0.25, -0.2) is 0 Å². The third-order valence-corrected chi connectivity index (χ3v) is 1.03. The fourth-order valence-corrected chi connectivity index (χ4v) is 0.175. The van der Waals surface area contributed by atoms with E-state index < -0.39 is 5.97 Å². The maximum Gasteiger partial charge on any atom is 0.306 e. The van der Waals surface area contributed by atoms with Gasteiger partial charge in [0.1, 0.15) is 5.78 Å². The number of carbonyl (C=O) groups is 2. The first kappa shape index (κ1) is 12.8. The Morgan fingerprint density at radius 1 is 1.36 bits per heavy atom. The summed E-state index contributed by atoms with van der Waals surface area (Å²) >= 11 is 0. The van der Waals surface area contributed by atoms with Crippen molar-refractivity contribution < 1.29 is 14.7 Å². The monoisotopic (exact) mass is 160 g/mol. The zero-order valence-corrected chi connectivity index (χ0v) is 7.55. The zero-order chi connectivity index (χ0) is 9.44. The first-order chi connectivity index (χ1) is 4.91. The van der Waals surface area contributed by atoms with Gasteiger partial charge in [-0.15, -0.1) is 0 Å². The molecule has 0 aromatic carbocycles. The van der Waals surface area contributed by atoms with E-state index >= 15 is 0 Å². The summed E-state index contributed by atoms with van der Waals surface area (Å²) in [5.41, 5.74) is 0. The van der Waals surface area contributed by atoms with Crippen molar-refractivity contribution in [2.45, 2.75) is 34.1 Å². The minimum atomic E-state index is -0.706. The Labute approximate surface area is 67.4 Å². The molecule has 11 heavy (non-hydrogen) atoms. The second-order valence-corrected chi connectivity index (χ2v) is 2.56. The molecule has 0 saturated heterocycles. The molecule has 0 aliphatic heterocycles. The Balaban J connectivity index is 0. The van der Waals surface area contributed by atoms with Crippen LogP contribution in [-0.4, -0.2) is 16.9 Å².